The fraction of sp³-hybridized carbons (Fsp3) is 0.167. The Morgan fingerprint density at radius 3 is 2.70 bits per heavy atom. The van der Waals surface area contributed by atoms with Crippen molar-refractivity contribution >= 4 is 16.8 Å². The second-order valence-electron chi connectivity index (χ2n) is 7.07. The number of ether oxygens (including phenoxy) is 1. The molecule has 2 aromatic heterocycles. The average molecular weight is 403 g/mol. The SMILES string of the molecule is COc1ccc2[nH]cc([C@H](CC(=O)NCc3ccncc3)c3ccccc3F)c2c1. The van der Waals surface area contributed by atoms with E-state index in [1.54, 1.807) is 37.7 Å². The third-order valence-electron chi connectivity index (χ3n) is 5.21. The second-order valence-corrected chi connectivity index (χ2v) is 7.07. The minimum absolute atomic E-state index is 0.121. The van der Waals surface area contributed by atoms with Gasteiger partial charge in [0.2, 0.25) is 5.91 Å². The molecule has 0 aliphatic heterocycles. The number of aromatic nitrogens is 2. The lowest BCUT2D eigenvalue weighted by molar-refractivity contribution is -0.121. The number of carbonyl (C=O) groups is 1. The van der Waals surface area contributed by atoms with Gasteiger partial charge in [0.1, 0.15) is 11.6 Å². The lowest BCUT2D eigenvalue weighted by Gasteiger charge is -2.18. The first-order chi connectivity index (χ1) is 14.7. The van der Waals surface area contributed by atoms with Crippen molar-refractivity contribution in [1.82, 2.24) is 15.3 Å². The predicted molar refractivity (Wildman–Crippen MR) is 114 cm³/mol. The number of pyridine rings is 1. The molecule has 0 saturated carbocycles. The van der Waals surface area contributed by atoms with Crippen LogP contribution in [0.1, 0.15) is 29.0 Å². The molecule has 4 rings (SSSR count). The quantitative estimate of drug-likeness (QED) is 0.476. The normalized spacial score (nSPS) is 11.9. The van der Waals surface area contributed by atoms with Gasteiger partial charge in [0.15, 0.2) is 0 Å². The van der Waals surface area contributed by atoms with Gasteiger partial charge in [0, 0.05) is 48.4 Å². The van der Waals surface area contributed by atoms with Gasteiger partial charge in [-0.25, -0.2) is 4.39 Å². The number of H-pyrrole nitrogens is 1. The van der Waals surface area contributed by atoms with Crippen LogP contribution in [0.4, 0.5) is 4.39 Å². The number of hydrogen-bond donors (Lipinski definition) is 2. The highest BCUT2D eigenvalue weighted by Crippen LogP contribution is 2.36. The minimum atomic E-state index is -0.440. The highest BCUT2D eigenvalue weighted by Gasteiger charge is 2.24. The van der Waals surface area contributed by atoms with E-state index in [9.17, 15) is 9.18 Å². The maximum absolute atomic E-state index is 14.7. The van der Waals surface area contributed by atoms with Gasteiger partial charge in [-0.2, -0.15) is 0 Å². The molecular formula is C24H22FN3O2. The fourth-order valence-electron chi connectivity index (χ4n) is 3.64. The largest absolute Gasteiger partial charge is 0.497 e. The van der Waals surface area contributed by atoms with Gasteiger partial charge in [-0.05, 0) is 53.1 Å². The number of amides is 1. The molecule has 0 fully saturated rings. The molecule has 0 spiro atoms. The van der Waals surface area contributed by atoms with Crippen LogP contribution >= 0.6 is 0 Å². The van der Waals surface area contributed by atoms with E-state index in [1.165, 1.54) is 6.07 Å². The number of nitrogens with zero attached hydrogens (tertiary/aromatic N) is 1. The van der Waals surface area contributed by atoms with Crippen molar-refractivity contribution in [2.24, 2.45) is 0 Å². The second kappa shape index (κ2) is 8.78. The Bertz CT molecular complexity index is 1160. The van der Waals surface area contributed by atoms with Crippen molar-refractivity contribution in [1.29, 1.82) is 0 Å². The molecule has 1 amide bonds. The molecule has 30 heavy (non-hydrogen) atoms. The molecule has 2 N–H and O–H groups in total. The van der Waals surface area contributed by atoms with Crippen LogP contribution in [0.5, 0.6) is 5.75 Å². The number of carbonyl (C=O) groups excluding carboxylic acids is 1. The first-order valence-corrected chi connectivity index (χ1v) is 9.70. The molecule has 0 saturated heterocycles. The third kappa shape index (κ3) is 4.17. The highest BCUT2D eigenvalue weighted by molar-refractivity contribution is 5.87. The molecular weight excluding hydrogens is 381 g/mol. The van der Waals surface area contributed by atoms with Gasteiger partial charge in [0.05, 0.1) is 7.11 Å². The van der Waals surface area contributed by atoms with Crippen molar-refractivity contribution in [3.63, 3.8) is 0 Å². The maximum atomic E-state index is 14.7. The first-order valence-electron chi connectivity index (χ1n) is 9.70. The van der Waals surface area contributed by atoms with Crippen LogP contribution in [0.25, 0.3) is 10.9 Å². The number of methoxy groups -OCH3 is 1. The van der Waals surface area contributed by atoms with Crippen LogP contribution in [0, 0.1) is 5.82 Å². The average Bonchev–Trinajstić information content (AvgIpc) is 3.20. The summed E-state index contributed by atoms with van der Waals surface area (Å²) in [5.74, 6) is -0.221. The summed E-state index contributed by atoms with van der Waals surface area (Å²) in [6.07, 6.45) is 5.33. The van der Waals surface area contributed by atoms with Crippen LogP contribution in [0.2, 0.25) is 0 Å². The first kappa shape index (κ1) is 19.6. The molecule has 4 aromatic rings. The summed E-state index contributed by atoms with van der Waals surface area (Å²) in [6.45, 7) is 0.396. The lowest BCUT2D eigenvalue weighted by atomic mass is 9.87. The monoisotopic (exact) mass is 403 g/mol. The van der Waals surface area contributed by atoms with Gasteiger partial charge in [-0.15, -0.1) is 0 Å². The van der Waals surface area contributed by atoms with Crippen LogP contribution in [-0.4, -0.2) is 23.0 Å². The zero-order valence-electron chi connectivity index (χ0n) is 16.6. The summed E-state index contributed by atoms with van der Waals surface area (Å²) in [6, 6.07) is 16.0. The Kier molecular flexibility index (Phi) is 5.75. The van der Waals surface area contributed by atoms with Gasteiger partial charge < -0.3 is 15.0 Å². The summed E-state index contributed by atoms with van der Waals surface area (Å²) in [5, 5.41) is 3.83. The molecule has 2 heterocycles. The number of rotatable bonds is 7. The number of benzene rings is 2. The Hall–Kier alpha value is -3.67. The molecule has 0 aliphatic rings. The van der Waals surface area contributed by atoms with Crippen molar-refractivity contribution in [3.05, 3.63) is 95.7 Å². The zero-order valence-corrected chi connectivity index (χ0v) is 16.6. The summed E-state index contributed by atoms with van der Waals surface area (Å²) in [4.78, 5) is 20.0. The maximum Gasteiger partial charge on any atom is 0.221 e. The Labute approximate surface area is 173 Å². The highest BCUT2D eigenvalue weighted by atomic mass is 19.1. The number of fused-ring (bicyclic) bond motifs is 1. The summed E-state index contributed by atoms with van der Waals surface area (Å²) in [5.41, 5.74) is 3.20. The van der Waals surface area contributed by atoms with Crippen molar-refractivity contribution < 1.29 is 13.9 Å². The van der Waals surface area contributed by atoms with E-state index in [1.807, 2.05) is 36.5 Å². The fourth-order valence-corrected chi connectivity index (χ4v) is 3.64. The predicted octanol–water partition coefficient (Wildman–Crippen LogP) is 4.55. The topological polar surface area (TPSA) is 67.0 Å². The molecule has 1 atom stereocenters. The molecule has 152 valence electrons. The molecule has 0 unspecified atom stereocenters. The minimum Gasteiger partial charge on any atom is -0.497 e. The molecule has 6 heteroatoms. The lowest BCUT2D eigenvalue weighted by Crippen LogP contribution is -2.25. The van der Waals surface area contributed by atoms with Gasteiger partial charge >= 0.3 is 0 Å². The Morgan fingerprint density at radius 1 is 1.13 bits per heavy atom. The third-order valence-corrected chi connectivity index (χ3v) is 5.21. The van der Waals surface area contributed by atoms with E-state index < -0.39 is 5.92 Å². The number of aromatic amines is 1. The van der Waals surface area contributed by atoms with E-state index in [2.05, 4.69) is 15.3 Å². The molecule has 2 aromatic carbocycles. The van der Waals surface area contributed by atoms with E-state index >= 15 is 0 Å². The van der Waals surface area contributed by atoms with E-state index in [0.717, 1.165) is 22.0 Å². The Balaban J connectivity index is 1.66. The summed E-state index contributed by atoms with van der Waals surface area (Å²) < 4.78 is 20.1. The van der Waals surface area contributed by atoms with Crippen molar-refractivity contribution in [2.45, 2.75) is 18.9 Å². The standard InChI is InChI=1S/C24H22FN3O2/c1-30-17-6-7-23-20(12-17)21(15-27-23)19(18-4-2-3-5-22(18)25)13-24(29)28-14-16-8-10-26-11-9-16/h2-12,15,19,27H,13-14H2,1H3,(H,28,29)/t19-/m1/s1. The van der Waals surface area contributed by atoms with Gasteiger partial charge in [-0.1, -0.05) is 18.2 Å². The molecule has 0 bridgehead atoms. The van der Waals surface area contributed by atoms with Crippen LogP contribution < -0.4 is 10.1 Å². The molecule has 0 aliphatic carbocycles. The Morgan fingerprint density at radius 2 is 1.93 bits per heavy atom. The van der Waals surface area contributed by atoms with Crippen LogP contribution in [-0.2, 0) is 11.3 Å². The summed E-state index contributed by atoms with van der Waals surface area (Å²) >= 11 is 0. The van der Waals surface area contributed by atoms with E-state index in [-0.39, 0.29) is 18.1 Å². The van der Waals surface area contributed by atoms with Gasteiger partial charge in [0.25, 0.3) is 0 Å². The summed E-state index contributed by atoms with van der Waals surface area (Å²) in [7, 11) is 1.61. The van der Waals surface area contributed by atoms with Crippen LogP contribution in [0.3, 0.4) is 0 Å². The smallest absolute Gasteiger partial charge is 0.221 e. The van der Waals surface area contributed by atoms with E-state index in [0.29, 0.717) is 17.9 Å². The zero-order chi connectivity index (χ0) is 20.9. The van der Waals surface area contributed by atoms with Crippen molar-refractivity contribution in [2.75, 3.05) is 7.11 Å². The van der Waals surface area contributed by atoms with Crippen LogP contribution in [0.15, 0.2) is 73.2 Å². The number of halogens is 1. The number of nitrogens with one attached hydrogen (secondary N) is 2. The van der Waals surface area contributed by atoms with Crippen molar-refractivity contribution in [3.8, 4) is 5.75 Å². The number of hydrogen-bond acceptors (Lipinski definition) is 3. The van der Waals surface area contributed by atoms with E-state index in [4.69, 9.17) is 4.74 Å². The molecule has 5 nitrogen and oxygen atoms in total. The molecule has 0 radical (unpaired) electrons. The van der Waals surface area contributed by atoms with Gasteiger partial charge in [-0.3, -0.25) is 9.78 Å².